The van der Waals surface area contributed by atoms with Gasteiger partial charge in [0.1, 0.15) is 0 Å². The molecule has 31 heavy (non-hydrogen) atoms. The molecule has 1 atom stereocenters. The van der Waals surface area contributed by atoms with Crippen molar-refractivity contribution in [2.45, 2.75) is 29.4 Å². The topological polar surface area (TPSA) is 74.8 Å². The predicted octanol–water partition coefficient (Wildman–Crippen LogP) is 4.47. The Bertz CT molecular complexity index is 985. The number of carbonyl (C=O) groups is 2. The molecule has 1 aromatic heterocycles. The standard InChI is InChI=1S/C21H25ClN4O3S2/c1-3-29-17(27)6-9-30-18-11-23-19(31-18)24-20(28)26-13-21(7-8-25(2)12-21)15-10-14(22)4-5-16(15)26/h4-5,10-11H,3,6-9,12-13H2,1-2H3,(H,23,24,28)/t21-/m0/s1. The molecule has 2 aromatic rings. The van der Waals surface area contributed by atoms with E-state index in [1.54, 1.807) is 18.0 Å². The Labute approximate surface area is 195 Å². The van der Waals surface area contributed by atoms with E-state index in [0.717, 1.165) is 35.0 Å². The first-order chi connectivity index (χ1) is 14.9. The number of thioether (sulfide) groups is 1. The van der Waals surface area contributed by atoms with Crippen LogP contribution >= 0.6 is 34.7 Å². The van der Waals surface area contributed by atoms with Crippen LogP contribution in [0.25, 0.3) is 0 Å². The van der Waals surface area contributed by atoms with Crippen molar-refractivity contribution in [2.75, 3.05) is 49.3 Å². The van der Waals surface area contributed by atoms with Gasteiger partial charge in [0.2, 0.25) is 0 Å². The van der Waals surface area contributed by atoms with Crippen LogP contribution in [0.3, 0.4) is 0 Å². The Morgan fingerprint density at radius 3 is 2.97 bits per heavy atom. The van der Waals surface area contributed by atoms with Crippen LogP contribution in [0.15, 0.2) is 28.6 Å². The van der Waals surface area contributed by atoms with E-state index in [4.69, 9.17) is 16.3 Å². The van der Waals surface area contributed by atoms with Gasteiger partial charge in [0.25, 0.3) is 0 Å². The number of aromatic nitrogens is 1. The van der Waals surface area contributed by atoms with Crippen molar-refractivity contribution in [3.63, 3.8) is 0 Å². The summed E-state index contributed by atoms with van der Waals surface area (Å²) in [7, 11) is 2.11. The molecule has 0 bridgehead atoms. The molecule has 1 aromatic carbocycles. The highest BCUT2D eigenvalue weighted by Crippen LogP contribution is 2.47. The highest BCUT2D eigenvalue weighted by atomic mass is 35.5. The Kier molecular flexibility index (Phi) is 6.76. The second-order valence-electron chi connectivity index (χ2n) is 7.83. The summed E-state index contributed by atoms with van der Waals surface area (Å²) in [5, 5.41) is 4.18. The summed E-state index contributed by atoms with van der Waals surface area (Å²) < 4.78 is 5.89. The van der Waals surface area contributed by atoms with E-state index < -0.39 is 0 Å². The number of halogens is 1. The van der Waals surface area contributed by atoms with Gasteiger partial charge in [-0.25, -0.2) is 9.78 Å². The minimum absolute atomic E-state index is 0.0800. The van der Waals surface area contributed by atoms with Gasteiger partial charge in [-0.1, -0.05) is 22.9 Å². The normalized spacial score (nSPS) is 20.3. The van der Waals surface area contributed by atoms with Gasteiger partial charge < -0.3 is 9.64 Å². The van der Waals surface area contributed by atoms with Crippen molar-refractivity contribution in [3.05, 3.63) is 35.0 Å². The fourth-order valence-electron chi connectivity index (χ4n) is 4.26. The molecule has 1 fully saturated rings. The maximum atomic E-state index is 13.1. The number of hydrogen-bond donors (Lipinski definition) is 1. The van der Waals surface area contributed by atoms with Gasteiger partial charge in [-0.2, -0.15) is 0 Å². The molecule has 7 nitrogen and oxygen atoms in total. The van der Waals surface area contributed by atoms with Crippen LogP contribution in [0.4, 0.5) is 15.6 Å². The number of fused-ring (bicyclic) bond motifs is 2. The van der Waals surface area contributed by atoms with Gasteiger partial charge in [0, 0.05) is 35.0 Å². The Balaban J connectivity index is 1.42. The van der Waals surface area contributed by atoms with E-state index in [0.29, 0.717) is 35.5 Å². The number of benzene rings is 1. The Hall–Kier alpha value is -1.81. The second-order valence-corrected chi connectivity index (χ2v) is 10.7. The molecule has 2 aliphatic rings. The molecular formula is C21H25ClN4O3S2. The molecule has 1 saturated heterocycles. The number of esters is 1. The third kappa shape index (κ3) is 4.84. The molecule has 4 rings (SSSR count). The Morgan fingerprint density at radius 2 is 2.23 bits per heavy atom. The number of carbonyl (C=O) groups excluding carboxylic acids is 2. The average molecular weight is 481 g/mol. The highest BCUT2D eigenvalue weighted by molar-refractivity contribution is 8.01. The van der Waals surface area contributed by atoms with Gasteiger partial charge in [0.05, 0.1) is 23.4 Å². The molecule has 166 valence electrons. The summed E-state index contributed by atoms with van der Waals surface area (Å²) >= 11 is 9.22. The zero-order chi connectivity index (χ0) is 22.0. The summed E-state index contributed by atoms with van der Waals surface area (Å²) in [5.41, 5.74) is 1.98. The minimum atomic E-state index is -0.202. The number of nitrogens with zero attached hydrogens (tertiary/aromatic N) is 3. The first-order valence-electron chi connectivity index (χ1n) is 10.2. The van der Waals surface area contributed by atoms with Crippen molar-refractivity contribution in [1.82, 2.24) is 9.88 Å². The van der Waals surface area contributed by atoms with E-state index in [2.05, 4.69) is 22.2 Å². The maximum absolute atomic E-state index is 13.1. The summed E-state index contributed by atoms with van der Waals surface area (Å²) in [5.74, 6) is 0.414. The van der Waals surface area contributed by atoms with E-state index in [9.17, 15) is 9.59 Å². The SMILES string of the molecule is CCOC(=O)CCSc1cnc(NC(=O)N2C[C@@]3(CCN(C)C3)c3cc(Cl)ccc32)s1. The summed E-state index contributed by atoms with van der Waals surface area (Å²) in [6.45, 7) is 4.72. The number of nitrogens with one attached hydrogen (secondary N) is 1. The van der Waals surface area contributed by atoms with E-state index >= 15 is 0 Å². The van der Waals surface area contributed by atoms with E-state index in [1.807, 2.05) is 18.2 Å². The Morgan fingerprint density at radius 1 is 1.39 bits per heavy atom. The van der Waals surface area contributed by atoms with Crippen LogP contribution < -0.4 is 10.2 Å². The van der Waals surface area contributed by atoms with Gasteiger partial charge in [-0.15, -0.1) is 11.8 Å². The van der Waals surface area contributed by atoms with Crippen LogP contribution in [0.2, 0.25) is 5.02 Å². The third-order valence-electron chi connectivity index (χ3n) is 5.63. The quantitative estimate of drug-likeness (QED) is 0.485. The lowest BCUT2D eigenvalue weighted by Gasteiger charge is -2.25. The molecule has 2 aliphatic heterocycles. The maximum Gasteiger partial charge on any atom is 0.328 e. The molecule has 1 spiro atoms. The van der Waals surface area contributed by atoms with Gasteiger partial charge in [-0.05, 0) is 50.7 Å². The predicted molar refractivity (Wildman–Crippen MR) is 126 cm³/mol. The lowest BCUT2D eigenvalue weighted by atomic mass is 9.81. The molecule has 0 saturated carbocycles. The number of rotatable bonds is 6. The van der Waals surface area contributed by atoms with Crippen LogP contribution in [0.1, 0.15) is 25.3 Å². The molecular weight excluding hydrogens is 456 g/mol. The van der Waals surface area contributed by atoms with Gasteiger partial charge in [-0.3, -0.25) is 15.0 Å². The van der Waals surface area contributed by atoms with Gasteiger partial charge >= 0.3 is 12.0 Å². The smallest absolute Gasteiger partial charge is 0.328 e. The fourth-order valence-corrected chi connectivity index (χ4v) is 6.29. The number of likely N-dealkylation sites (N-methyl/N-ethyl adjacent to an activating group) is 1. The summed E-state index contributed by atoms with van der Waals surface area (Å²) in [4.78, 5) is 33.0. The number of amides is 2. The number of likely N-dealkylation sites (tertiary alicyclic amines) is 1. The molecule has 10 heteroatoms. The second kappa shape index (κ2) is 9.36. The summed E-state index contributed by atoms with van der Waals surface area (Å²) in [6.07, 6.45) is 3.07. The molecule has 0 aliphatic carbocycles. The number of ether oxygens (including phenoxy) is 1. The summed E-state index contributed by atoms with van der Waals surface area (Å²) in [6, 6.07) is 5.58. The van der Waals surface area contributed by atoms with Crippen molar-refractivity contribution in [3.8, 4) is 0 Å². The number of urea groups is 1. The number of thiazole rings is 1. The van der Waals surface area contributed by atoms with Crippen molar-refractivity contribution in [1.29, 1.82) is 0 Å². The van der Waals surface area contributed by atoms with E-state index in [1.165, 1.54) is 23.1 Å². The van der Waals surface area contributed by atoms with Crippen LogP contribution in [0.5, 0.6) is 0 Å². The van der Waals surface area contributed by atoms with E-state index in [-0.39, 0.29) is 17.4 Å². The van der Waals surface area contributed by atoms with Crippen molar-refractivity contribution in [2.24, 2.45) is 0 Å². The van der Waals surface area contributed by atoms with Crippen molar-refractivity contribution < 1.29 is 14.3 Å². The van der Waals surface area contributed by atoms with Crippen molar-refractivity contribution >= 4 is 57.5 Å². The minimum Gasteiger partial charge on any atom is -0.466 e. The highest BCUT2D eigenvalue weighted by Gasteiger charge is 2.48. The zero-order valence-electron chi connectivity index (χ0n) is 17.5. The number of anilines is 2. The fraction of sp³-hybridized carbons (Fsp3) is 0.476. The van der Waals surface area contributed by atoms with Crippen LogP contribution in [-0.2, 0) is 14.9 Å². The molecule has 0 unspecified atom stereocenters. The largest absolute Gasteiger partial charge is 0.466 e. The molecule has 3 heterocycles. The zero-order valence-corrected chi connectivity index (χ0v) is 19.9. The van der Waals surface area contributed by atoms with Crippen LogP contribution in [-0.4, -0.2) is 60.9 Å². The van der Waals surface area contributed by atoms with Gasteiger partial charge in [0.15, 0.2) is 5.13 Å². The third-order valence-corrected chi connectivity index (χ3v) is 7.97. The monoisotopic (exact) mass is 480 g/mol. The lowest BCUT2D eigenvalue weighted by Crippen LogP contribution is -2.40. The molecule has 2 amide bonds. The number of hydrogen-bond acceptors (Lipinski definition) is 7. The first kappa shape index (κ1) is 22.4. The lowest BCUT2D eigenvalue weighted by molar-refractivity contribution is -0.142. The average Bonchev–Trinajstić information content (AvgIpc) is 3.41. The van der Waals surface area contributed by atoms with Crippen LogP contribution in [0, 0.1) is 0 Å². The molecule has 0 radical (unpaired) electrons. The first-order valence-corrected chi connectivity index (χ1v) is 12.4. The molecule has 1 N–H and O–H groups in total.